The molecule has 0 aliphatic rings. The van der Waals surface area contributed by atoms with E-state index in [9.17, 15) is 4.79 Å². The molecule has 0 radical (unpaired) electrons. The van der Waals surface area contributed by atoms with Crippen LogP contribution >= 0.6 is 0 Å². The molecule has 0 aliphatic carbocycles. The molecule has 0 bridgehead atoms. The molecular formula is C23H21N5O2. The van der Waals surface area contributed by atoms with E-state index >= 15 is 0 Å². The Hall–Kier alpha value is -4.00. The van der Waals surface area contributed by atoms with Crippen LogP contribution in [0.2, 0.25) is 0 Å². The molecule has 7 nitrogen and oxygen atoms in total. The van der Waals surface area contributed by atoms with Crippen molar-refractivity contribution in [2.24, 2.45) is 0 Å². The molecule has 0 saturated carbocycles. The maximum absolute atomic E-state index is 12.6. The molecule has 2 N–H and O–H groups in total. The van der Waals surface area contributed by atoms with Crippen LogP contribution in [0.3, 0.4) is 0 Å². The normalized spacial score (nSPS) is 10.6. The number of aryl methyl sites for hydroxylation is 1. The number of ether oxygens (including phenoxy) is 1. The Morgan fingerprint density at radius 3 is 2.73 bits per heavy atom. The van der Waals surface area contributed by atoms with Crippen LogP contribution in [0.1, 0.15) is 27.6 Å². The Balaban J connectivity index is 1.50. The van der Waals surface area contributed by atoms with Gasteiger partial charge in [-0.05, 0) is 41.8 Å². The van der Waals surface area contributed by atoms with Crippen LogP contribution in [0, 0.1) is 6.92 Å². The maximum Gasteiger partial charge on any atom is 0.295 e. The summed E-state index contributed by atoms with van der Waals surface area (Å²) in [6.45, 7) is 2.02. The summed E-state index contributed by atoms with van der Waals surface area (Å²) in [4.78, 5) is 21.2. The Morgan fingerprint density at radius 1 is 1.10 bits per heavy atom. The van der Waals surface area contributed by atoms with Crippen LogP contribution in [-0.4, -0.2) is 33.2 Å². The molecule has 7 heteroatoms. The van der Waals surface area contributed by atoms with Gasteiger partial charge in [0.25, 0.3) is 5.91 Å². The molecule has 2 aromatic carbocycles. The number of hydrogen-bond donors (Lipinski definition) is 2. The van der Waals surface area contributed by atoms with Gasteiger partial charge in [0, 0.05) is 18.2 Å². The van der Waals surface area contributed by atoms with E-state index in [0.717, 1.165) is 28.0 Å². The van der Waals surface area contributed by atoms with Crippen molar-refractivity contribution >= 4 is 11.6 Å². The number of anilines is 1. The van der Waals surface area contributed by atoms with Crippen molar-refractivity contribution in [3.8, 4) is 16.9 Å². The number of amides is 1. The quantitative estimate of drug-likeness (QED) is 0.511. The number of aromatic amines is 1. The van der Waals surface area contributed by atoms with Crippen molar-refractivity contribution in [3.05, 3.63) is 89.8 Å². The molecule has 0 unspecified atom stereocenters. The van der Waals surface area contributed by atoms with Gasteiger partial charge in [-0.15, -0.1) is 5.10 Å². The second-order valence-electron chi connectivity index (χ2n) is 6.87. The van der Waals surface area contributed by atoms with Gasteiger partial charge in [0.2, 0.25) is 5.82 Å². The van der Waals surface area contributed by atoms with Crippen molar-refractivity contribution in [1.29, 1.82) is 0 Å². The predicted octanol–water partition coefficient (Wildman–Crippen LogP) is 4.03. The fourth-order valence-electron chi connectivity index (χ4n) is 3.15. The lowest BCUT2D eigenvalue weighted by Gasteiger charge is -2.10. The van der Waals surface area contributed by atoms with Gasteiger partial charge in [-0.3, -0.25) is 14.9 Å². The molecular weight excluding hydrogens is 378 g/mol. The number of pyridine rings is 1. The Kier molecular flexibility index (Phi) is 5.52. The summed E-state index contributed by atoms with van der Waals surface area (Å²) in [6.07, 6.45) is 3.92. The highest BCUT2D eigenvalue weighted by Gasteiger charge is 2.14. The van der Waals surface area contributed by atoms with Gasteiger partial charge in [0.05, 0.1) is 19.0 Å². The zero-order valence-electron chi connectivity index (χ0n) is 16.7. The van der Waals surface area contributed by atoms with E-state index in [1.54, 1.807) is 19.5 Å². The first kappa shape index (κ1) is 19.3. The highest BCUT2D eigenvalue weighted by molar-refractivity contribution is 6.01. The molecule has 150 valence electrons. The van der Waals surface area contributed by atoms with Crippen molar-refractivity contribution in [2.75, 3.05) is 12.4 Å². The standard InChI is InChI=1S/C23H21N5O2/c1-15-8-9-19(30-2)12-20(15)17-11-18(14-24-13-17)25-23(29)22-26-21(27-28-22)10-16-6-4-3-5-7-16/h3-9,11-14H,10H2,1-2H3,(H,25,29)(H,26,27,28). The first-order chi connectivity index (χ1) is 14.6. The zero-order valence-corrected chi connectivity index (χ0v) is 16.7. The maximum atomic E-state index is 12.6. The van der Waals surface area contributed by atoms with Crippen LogP contribution in [0.25, 0.3) is 11.1 Å². The molecule has 2 heterocycles. The molecule has 0 aliphatic heterocycles. The smallest absolute Gasteiger partial charge is 0.295 e. The molecule has 4 aromatic rings. The molecule has 4 rings (SSSR count). The first-order valence-electron chi connectivity index (χ1n) is 9.49. The summed E-state index contributed by atoms with van der Waals surface area (Å²) in [5.41, 5.74) is 4.60. The van der Waals surface area contributed by atoms with Crippen LogP contribution in [0.4, 0.5) is 5.69 Å². The summed E-state index contributed by atoms with van der Waals surface area (Å²) in [5.74, 6) is 1.08. The summed E-state index contributed by atoms with van der Waals surface area (Å²) in [6, 6.07) is 17.6. The number of nitrogens with zero attached hydrogens (tertiary/aromatic N) is 3. The fraction of sp³-hybridized carbons (Fsp3) is 0.130. The highest BCUT2D eigenvalue weighted by atomic mass is 16.5. The number of carbonyl (C=O) groups excluding carboxylic acids is 1. The third-order valence-electron chi connectivity index (χ3n) is 4.70. The average molecular weight is 399 g/mol. The number of hydrogen-bond acceptors (Lipinski definition) is 5. The van der Waals surface area contributed by atoms with Gasteiger partial charge in [-0.25, -0.2) is 4.98 Å². The van der Waals surface area contributed by atoms with E-state index in [4.69, 9.17) is 4.74 Å². The first-order valence-corrected chi connectivity index (χ1v) is 9.49. The lowest BCUT2D eigenvalue weighted by atomic mass is 10.0. The van der Waals surface area contributed by atoms with Gasteiger partial charge < -0.3 is 10.1 Å². The molecule has 0 spiro atoms. The minimum Gasteiger partial charge on any atom is -0.497 e. The van der Waals surface area contributed by atoms with Gasteiger partial charge >= 0.3 is 0 Å². The monoisotopic (exact) mass is 399 g/mol. The van der Waals surface area contributed by atoms with E-state index < -0.39 is 5.91 Å². The molecule has 0 saturated heterocycles. The number of nitrogens with one attached hydrogen (secondary N) is 2. The third-order valence-corrected chi connectivity index (χ3v) is 4.70. The third kappa shape index (κ3) is 4.35. The predicted molar refractivity (Wildman–Crippen MR) is 115 cm³/mol. The summed E-state index contributed by atoms with van der Waals surface area (Å²) < 4.78 is 5.32. The number of rotatable bonds is 6. The average Bonchev–Trinajstić information content (AvgIpc) is 3.24. The molecule has 0 atom stereocenters. The van der Waals surface area contributed by atoms with E-state index in [1.807, 2.05) is 61.5 Å². The summed E-state index contributed by atoms with van der Waals surface area (Å²) in [7, 11) is 1.63. The SMILES string of the molecule is COc1ccc(C)c(-c2cncc(NC(=O)c3n[nH]c(Cc4ccccc4)n3)c2)c1. The Labute approximate surface area is 174 Å². The van der Waals surface area contributed by atoms with Crippen LogP contribution in [0.15, 0.2) is 67.0 Å². The van der Waals surface area contributed by atoms with E-state index in [-0.39, 0.29) is 5.82 Å². The summed E-state index contributed by atoms with van der Waals surface area (Å²) in [5, 5.41) is 9.68. The molecule has 30 heavy (non-hydrogen) atoms. The molecule has 2 aromatic heterocycles. The van der Waals surface area contributed by atoms with Gasteiger partial charge in [0.1, 0.15) is 11.6 Å². The Bertz CT molecular complexity index is 1170. The van der Waals surface area contributed by atoms with Crippen LogP contribution < -0.4 is 10.1 Å². The topological polar surface area (TPSA) is 92.8 Å². The van der Waals surface area contributed by atoms with Crippen molar-refractivity contribution < 1.29 is 9.53 Å². The van der Waals surface area contributed by atoms with E-state index in [2.05, 4.69) is 25.5 Å². The number of carbonyl (C=O) groups is 1. The van der Waals surface area contributed by atoms with E-state index in [0.29, 0.717) is 17.9 Å². The lowest BCUT2D eigenvalue weighted by Crippen LogP contribution is -2.14. The van der Waals surface area contributed by atoms with E-state index in [1.165, 1.54) is 0 Å². The van der Waals surface area contributed by atoms with Gasteiger partial charge in [-0.1, -0.05) is 36.4 Å². The highest BCUT2D eigenvalue weighted by Crippen LogP contribution is 2.28. The largest absolute Gasteiger partial charge is 0.497 e. The second kappa shape index (κ2) is 8.57. The van der Waals surface area contributed by atoms with Crippen molar-refractivity contribution in [2.45, 2.75) is 13.3 Å². The van der Waals surface area contributed by atoms with Crippen LogP contribution in [-0.2, 0) is 6.42 Å². The zero-order chi connectivity index (χ0) is 20.9. The molecule has 0 fully saturated rings. The lowest BCUT2D eigenvalue weighted by molar-refractivity contribution is 0.101. The van der Waals surface area contributed by atoms with Crippen molar-refractivity contribution in [3.63, 3.8) is 0 Å². The van der Waals surface area contributed by atoms with Crippen LogP contribution in [0.5, 0.6) is 5.75 Å². The summed E-state index contributed by atoms with van der Waals surface area (Å²) >= 11 is 0. The second-order valence-corrected chi connectivity index (χ2v) is 6.87. The fourth-order valence-corrected chi connectivity index (χ4v) is 3.15. The number of benzene rings is 2. The number of aromatic nitrogens is 4. The number of methoxy groups -OCH3 is 1. The Morgan fingerprint density at radius 2 is 1.93 bits per heavy atom. The minimum absolute atomic E-state index is 0.0869. The minimum atomic E-state index is -0.396. The van der Waals surface area contributed by atoms with Gasteiger partial charge in [0.15, 0.2) is 0 Å². The van der Waals surface area contributed by atoms with Crippen molar-refractivity contribution in [1.82, 2.24) is 20.2 Å². The number of H-pyrrole nitrogens is 1. The molecule has 1 amide bonds. The van der Waals surface area contributed by atoms with Gasteiger partial charge in [-0.2, -0.15) is 0 Å².